The van der Waals surface area contributed by atoms with E-state index in [4.69, 9.17) is 10.00 Å². The Kier molecular flexibility index (Phi) is 5.77. The molecule has 0 aliphatic heterocycles. The van der Waals surface area contributed by atoms with Gasteiger partial charge in [0, 0.05) is 18.2 Å². The molecule has 0 amide bonds. The average molecular weight is 367 g/mol. The van der Waals surface area contributed by atoms with E-state index in [2.05, 4.69) is 4.74 Å². The van der Waals surface area contributed by atoms with Crippen molar-refractivity contribution in [2.24, 2.45) is 17.3 Å². The molecular formula is C19H20F3NO3. The molecule has 7 heteroatoms. The zero-order valence-electron chi connectivity index (χ0n) is 15.0. The van der Waals surface area contributed by atoms with Crippen molar-refractivity contribution in [1.82, 2.24) is 0 Å². The van der Waals surface area contributed by atoms with E-state index in [1.54, 1.807) is 13.0 Å². The van der Waals surface area contributed by atoms with E-state index in [1.807, 2.05) is 19.9 Å². The number of allylic oxidation sites excluding steroid dienone is 2. The normalized spacial score (nSPS) is 21.2. The van der Waals surface area contributed by atoms with Crippen LogP contribution in [-0.2, 0) is 27.5 Å². The van der Waals surface area contributed by atoms with Crippen LogP contribution in [-0.4, -0.2) is 13.1 Å². The lowest BCUT2D eigenvalue weighted by Crippen LogP contribution is -2.13. The van der Waals surface area contributed by atoms with Gasteiger partial charge in [0.05, 0.1) is 24.2 Å². The fourth-order valence-electron chi connectivity index (χ4n) is 3.05. The number of nitrogens with zero attached hydrogens (tertiary/aromatic N) is 1. The summed E-state index contributed by atoms with van der Waals surface area (Å²) in [5.41, 5.74) is -0.804. The zero-order valence-corrected chi connectivity index (χ0v) is 15.0. The molecule has 1 aliphatic rings. The van der Waals surface area contributed by atoms with Crippen LogP contribution in [0, 0.1) is 46.0 Å². The Morgan fingerprint density at radius 3 is 2.54 bits per heavy atom. The third kappa shape index (κ3) is 3.75. The quantitative estimate of drug-likeness (QED) is 0.433. The van der Waals surface area contributed by atoms with Gasteiger partial charge in [-0.05, 0) is 24.3 Å². The van der Waals surface area contributed by atoms with Crippen molar-refractivity contribution in [2.75, 3.05) is 7.11 Å². The third-order valence-corrected chi connectivity index (χ3v) is 4.76. The first-order valence-electron chi connectivity index (χ1n) is 8.04. The Hall–Kier alpha value is -2.33. The van der Waals surface area contributed by atoms with Gasteiger partial charge < -0.3 is 9.47 Å². The Balaban J connectivity index is 2.10. The maximum Gasteiger partial charge on any atom is 0.310 e. The van der Waals surface area contributed by atoms with Crippen molar-refractivity contribution >= 4 is 5.97 Å². The molecule has 26 heavy (non-hydrogen) atoms. The highest BCUT2D eigenvalue weighted by molar-refractivity contribution is 5.78. The molecule has 1 aliphatic carbocycles. The molecule has 0 aromatic heterocycles. The topological polar surface area (TPSA) is 59.3 Å². The lowest BCUT2D eigenvalue weighted by Gasteiger charge is -2.10. The van der Waals surface area contributed by atoms with Crippen molar-refractivity contribution in [3.8, 4) is 6.07 Å². The SMILES string of the molecule is COCc1c(F)cc(COC(=O)C2C(C=C(C)C#N)C2(C)C)c(F)c1F. The van der Waals surface area contributed by atoms with Gasteiger partial charge in [-0.15, -0.1) is 0 Å². The molecule has 0 heterocycles. The Bertz CT molecular complexity index is 796. The van der Waals surface area contributed by atoms with Crippen molar-refractivity contribution in [1.29, 1.82) is 5.26 Å². The van der Waals surface area contributed by atoms with E-state index in [0.717, 1.165) is 6.07 Å². The molecule has 0 spiro atoms. The van der Waals surface area contributed by atoms with Gasteiger partial charge in [-0.3, -0.25) is 4.79 Å². The summed E-state index contributed by atoms with van der Waals surface area (Å²) < 4.78 is 51.5. The first kappa shape index (κ1) is 20.0. The first-order chi connectivity index (χ1) is 12.1. The highest BCUT2D eigenvalue weighted by Gasteiger charge is 2.61. The molecule has 140 valence electrons. The predicted octanol–water partition coefficient (Wildman–Crippen LogP) is 4.04. The second kappa shape index (κ2) is 7.50. The number of rotatable bonds is 6. The Morgan fingerprint density at radius 1 is 1.31 bits per heavy atom. The lowest BCUT2D eigenvalue weighted by molar-refractivity contribution is -0.147. The number of carbonyl (C=O) groups excluding carboxylic acids is 1. The second-order valence-electron chi connectivity index (χ2n) is 6.95. The molecule has 2 rings (SSSR count). The van der Waals surface area contributed by atoms with Crippen molar-refractivity contribution in [2.45, 2.75) is 34.0 Å². The van der Waals surface area contributed by atoms with E-state index in [-0.39, 0.29) is 11.5 Å². The number of carbonyl (C=O) groups is 1. The van der Waals surface area contributed by atoms with Crippen molar-refractivity contribution < 1.29 is 27.4 Å². The van der Waals surface area contributed by atoms with E-state index >= 15 is 0 Å². The Morgan fingerprint density at radius 2 is 1.96 bits per heavy atom. The average Bonchev–Trinajstić information content (AvgIpc) is 3.13. The van der Waals surface area contributed by atoms with Gasteiger partial charge in [-0.1, -0.05) is 19.9 Å². The number of benzene rings is 1. The highest BCUT2D eigenvalue weighted by atomic mass is 19.2. The minimum Gasteiger partial charge on any atom is -0.460 e. The number of esters is 1. The summed E-state index contributed by atoms with van der Waals surface area (Å²) in [5.74, 6) is -4.83. The molecule has 4 nitrogen and oxygen atoms in total. The first-order valence-corrected chi connectivity index (χ1v) is 8.04. The summed E-state index contributed by atoms with van der Waals surface area (Å²) in [6.07, 6.45) is 1.70. The summed E-state index contributed by atoms with van der Waals surface area (Å²) in [5, 5.41) is 8.85. The highest BCUT2D eigenvalue weighted by Crippen LogP contribution is 2.59. The maximum atomic E-state index is 14.0. The van der Waals surface area contributed by atoms with Gasteiger partial charge in [-0.25, -0.2) is 13.2 Å². The standard InChI is InChI=1S/C19H20F3NO3/c1-10(7-23)5-13-15(19(13,2)3)18(24)26-8-11-6-14(20)12(9-25-4)17(22)16(11)21/h5-6,13,15H,8-9H2,1-4H3. The molecule has 0 radical (unpaired) electrons. The smallest absolute Gasteiger partial charge is 0.310 e. The van der Waals surface area contributed by atoms with Gasteiger partial charge in [0.2, 0.25) is 0 Å². The van der Waals surface area contributed by atoms with Crippen LogP contribution in [0.1, 0.15) is 31.9 Å². The van der Waals surface area contributed by atoms with Crippen LogP contribution in [0.2, 0.25) is 0 Å². The molecular weight excluding hydrogens is 347 g/mol. The van der Waals surface area contributed by atoms with E-state index in [0.29, 0.717) is 5.57 Å². The number of nitriles is 1. The monoisotopic (exact) mass is 367 g/mol. The van der Waals surface area contributed by atoms with Crippen molar-refractivity contribution in [3.05, 3.63) is 46.3 Å². The summed E-state index contributed by atoms with van der Waals surface area (Å²) in [4.78, 5) is 12.3. The molecule has 0 N–H and O–H groups in total. The fourth-order valence-corrected chi connectivity index (χ4v) is 3.05. The van der Waals surface area contributed by atoms with Gasteiger partial charge >= 0.3 is 5.97 Å². The van der Waals surface area contributed by atoms with E-state index in [9.17, 15) is 18.0 Å². The number of ether oxygens (including phenoxy) is 2. The Labute approximate surface area is 150 Å². The molecule has 2 unspecified atom stereocenters. The van der Waals surface area contributed by atoms with E-state index < -0.39 is 53.5 Å². The van der Waals surface area contributed by atoms with Crippen LogP contribution in [0.3, 0.4) is 0 Å². The predicted molar refractivity (Wildman–Crippen MR) is 87.0 cm³/mol. The molecule has 0 saturated heterocycles. The lowest BCUT2D eigenvalue weighted by atomic mass is 10.1. The molecule has 1 aromatic rings. The summed E-state index contributed by atoms with van der Waals surface area (Å²) in [7, 11) is 1.24. The second-order valence-corrected chi connectivity index (χ2v) is 6.95. The van der Waals surface area contributed by atoms with Gasteiger partial charge in [-0.2, -0.15) is 5.26 Å². The molecule has 1 fully saturated rings. The van der Waals surface area contributed by atoms with Crippen LogP contribution < -0.4 is 0 Å². The van der Waals surface area contributed by atoms with Crippen molar-refractivity contribution in [3.63, 3.8) is 0 Å². The minimum absolute atomic E-state index is 0.169. The maximum absolute atomic E-state index is 14.0. The van der Waals surface area contributed by atoms with Crippen LogP contribution in [0.4, 0.5) is 13.2 Å². The third-order valence-electron chi connectivity index (χ3n) is 4.76. The number of methoxy groups -OCH3 is 1. The van der Waals surface area contributed by atoms with E-state index in [1.165, 1.54) is 7.11 Å². The van der Waals surface area contributed by atoms with Crippen LogP contribution in [0.15, 0.2) is 17.7 Å². The molecule has 1 aromatic carbocycles. The van der Waals surface area contributed by atoms with Crippen LogP contribution >= 0.6 is 0 Å². The summed E-state index contributed by atoms with van der Waals surface area (Å²) >= 11 is 0. The summed E-state index contributed by atoms with van der Waals surface area (Å²) in [6.45, 7) is 4.36. The molecule has 2 atom stereocenters. The van der Waals surface area contributed by atoms with Gasteiger partial charge in [0.25, 0.3) is 0 Å². The number of halogens is 3. The van der Waals surface area contributed by atoms with Crippen LogP contribution in [0.25, 0.3) is 0 Å². The largest absolute Gasteiger partial charge is 0.460 e. The minimum atomic E-state index is -1.35. The fraction of sp³-hybridized carbons (Fsp3) is 0.474. The molecule has 1 saturated carbocycles. The molecule has 0 bridgehead atoms. The number of hydrogen-bond acceptors (Lipinski definition) is 4. The van der Waals surface area contributed by atoms with Gasteiger partial charge in [0.15, 0.2) is 11.6 Å². The van der Waals surface area contributed by atoms with Gasteiger partial charge in [0.1, 0.15) is 12.4 Å². The van der Waals surface area contributed by atoms with Crippen LogP contribution in [0.5, 0.6) is 0 Å². The number of hydrogen-bond donors (Lipinski definition) is 0. The summed E-state index contributed by atoms with van der Waals surface area (Å²) in [6, 6.07) is 2.79. The zero-order chi connectivity index (χ0) is 19.6.